The third-order valence-corrected chi connectivity index (χ3v) is 5.73. The van der Waals surface area contributed by atoms with Crippen LogP contribution in [0.1, 0.15) is 52.3 Å². The van der Waals surface area contributed by atoms with E-state index in [2.05, 4.69) is 59.3 Å². The largest absolute Gasteiger partial charge is 0.355 e. The van der Waals surface area contributed by atoms with Crippen molar-refractivity contribution in [1.29, 1.82) is 0 Å². The van der Waals surface area contributed by atoms with E-state index in [0.717, 1.165) is 48.9 Å². The summed E-state index contributed by atoms with van der Waals surface area (Å²) in [6.07, 6.45) is 14.8. The SMILES string of the molecule is CCC1CC=C(C)C=CC(C)=NC=C1c1nccc(N(C)C2CCCNC2)n1. The van der Waals surface area contributed by atoms with Gasteiger partial charge in [0.15, 0.2) is 5.82 Å². The standard InChI is InChI=1S/C23H33N5/c1-5-19-11-9-17(2)8-10-18(3)26-16-21(19)23-25-14-12-22(27-23)28(4)20-7-6-13-24-15-20/h8-10,12,14,16,19-20,24H,5-7,11,13,15H2,1-4H3. The highest BCUT2D eigenvalue weighted by Gasteiger charge is 2.21. The minimum absolute atomic E-state index is 0.356. The normalized spacial score (nSPS) is 23.5. The summed E-state index contributed by atoms with van der Waals surface area (Å²) in [5, 5.41) is 3.49. The second-order valence-corrected chi connectivity index (χ2v) is 7.83. The van der Waals surface area contributed by atoms with E-state index in [1.165, 1.54) is 18.4 Å². The molecule has 0 spiro atoms. The average molecular weight is 380 g/mol. The van der Waals surface area contributed by atoms with Gasteiger partial charge in [0.25, 0.3) is 0 Å². The summed E-state index contributed by atoms with van der Waals surface area (Å²) in [6, 6.07) is 2.49. The lowest BCUT2D eigenvalue weighted by Gasteiger charge is -2.32. The summed E-state index contributed by atoms with van der Waals surface area (Å²) in [7, 11) is 2.14. The Morgan fingerprint density at radius 3 is 2.86 bits per heavy atom. The molecule has 0 aliphatic carbocycles. The van der Waals surface area contributed by atoms with Crippen LogP contribution in [0, 0.1) is 5.92 Å². The number of piperidine rings is 1. The van der Waals surface area contributed by atoms with Crippen LogP contribution >= 0.6 is 0 Å². The maximum Gasteiger partial charge on any atom is 0.159 e. The van der Waals surface area contributed by atoms with Crippen molar-refractivity contribution in [3.05, 3.63) is 48.1 Å². The number of hydrogen-bond donors (Lipinski definition) is 1. The molecule has 1 aromatic heterocycles. The van der Waals surface area contributed by atoms with E-state index >= 15 is 0 Å². The summed E-state index contributed by atoms with van der Waals surface area (Å²) < 4.78 is 0. The van der Waals surface area contributed by atoms with Crippen molar-refractivity contribution in [2.24, 2.45) is 10.9 Å². The monoisotopic (exact) mass is 379 g/mol. The zero-order valence-corrected chi connectivity index (χ0v) is 17.7. The van der Waals surface area contributed by atoms with Crippen molar-refractivity contribution < 1.29 is 0 Å². The Labute approximate surface area is 169 Å². The summed E-state index contributed by atoms with van der Waals surface area (Å²) in [6.45, 7) is 8.52. The van der Waals surface area contributed by atoms with Gasteiger partial charge in [-0.1, -0.05) is 24.6 Å². The molecule has 5 nitrogen and oxygen atoms in total. The van der Waals surface area contributed by atoms with Crippen molar-refractivity contribution in [3.8, 4) is 0 Å². The number of nitrogens with zero attached hydrogens (tertiary/aromatic N) is 4. The first-order valence-electron chi connectivity index (χ1n) is 10.4. The Morgan fingerprint density at radius 2 is 2.11 bits per heavy atom. The van der Waals surface area contributed by atoms with Gasteiger partial charge in [-0.05, 0) is 64.1 Å². The summed E-state index contributed by atoms with van der Waals surface area (Å²) in [5.41, 5.74) is 3.38. The van der Waals surface area contributed by atoms with Gasteiger partial charge >= 0.3 is 0 Å². The molecule has 2 unspecified atom stereocenters. The molecule has 150 valence electrons. The molecule has 2 aliphatic heterocycles. The molecular formula is C23H33N5. The summed E-state index contributed by atoms with van der Waals surface area (Å²) >= 11 is 0. The number of aromatic nitrogens is 2. The average Bonchev–Trinajstić information content (AvgIpc) is 2.74. The number of likely N-dealkylation sites (N-methyl/N-ethyl adjacent to an activating group) is 1. The minimum Gasteiger partial charge on any atom is -0.355 e. The van der Waals surface area contributed by atoms with Crippen LogP contribution in [0.5, 0.6) is 0 Å². The number of anilines is 1. The molecule has 0 saturated carbocycles. The van der Waals surface area contributed by atoms with Crippen LogP contribution in [0.4, 0.5) is 5.82 Å². The topological polar surface area (TPSA) is 53.4 Å². The van der Waals surface area contributed by atoms with E-state index in [-0.39, 0.29) is 0 Å². The Hall–Kier alpha value is -2.27. The van der Waals surface area contributed by atoms with Crippen LogP contribution < -0.4 is 10.2 Å². The van der Waals surface area contributed by atoms with Crippen LogP contribution in [0.2, 0.25) is 0 Å². The molecule has 1 N–H and O–H groups in total. The van der Waals surface area contributed by atoms with Crippen molar-refractivity contribution >= 4 is 17.1 Å². The molecule has 3 rings (SSSR count). The minimum atomic E-state index is 0.356. The van der Waals surface area contributed by atoms with Gasteiger partial charge in [0.05, 0.1) is 0 Å². The smallest absolute Gasteiger partial charge is 0.159 e. The van der Waals surface area contributed by atoms with Gasteiger partial charge in [-0.25, -0.2) is 9.97 Å². The van der Waals surface area contributed by atoms with E-state index in [1.54, 1.807) is 0 Å². The Kier molecular flexibility index (Phi) is 7.15. The number of nitrogens with one attached hydrogen (secondary N) is 1. The molecule has 2 atom stereocenters. The van der Waals surface area contributed by atoms with E-state index in [0.29, 0.717) is 12.0 Å². The van der Waals surface area contributed by atoms with Crippen LogP contribution in [0.25, 0.3) is 5.57 Å². The van der Waals surface area contributed by atoms with Crippen molar-refractivity contribution in [2.75, 3.05) is 25.0 Å². The number of allylic oxidation sites excluding steroid dienone is 5. The van der Waals surface area contributed by atoms with Crippen LogP contribution in [0.3, 0.4) is 0 Å². The molecule has 0 radical (unpaired) electrons. The molecule has 1 aromatic rings. The first-order valence-corrected chi connectivity index (χ1v) is 10.4. The zero-order chi connectivity index (χ0) is 19.9. The van der Waals surface area contributed by atoms with Gasteiger partial charge in [-0.2, -0.15) is 0 Å². The number of hydrogen-bond acceptors (Lipinski definition) is 5. The fourth-order valence-electron chi connectivity index (χ4n) is 3.76. The predicted molar refractivity (Wildman–Crippen MR) is 119 cm³/mol. The Balaban J connectivity index is 1.93. The lowest BCUT2D eigenvalue weighted by molar-refractivity contribution is 0.443. The molecular weight excluding hydrogens is 346 g/mol. The van der Waals surface area contributed by atoms with E-state index in [1.807, 2.05) is 25.4 Å². The molecule has 1 saturated heterocycles. The maximum absolute atomic E-state index is 4.95. The van der Waals surface area contributed by atoms with Crippen molar-refractivity contribution in [2.45, 2.75) is 52.5 Å². The van der Waals surface area contributed by atoms with Gasteiger partial charge in [-0.15, -0.1) is 0 Å². The molecule has 0 bridgehead atoms. The second-order valence-electron chi connectivity index (χ2n) is 7.83. The molecule has 2 aliphatic rings. The summed E-state index contributed by atoms with van der Waals surface area (Å²) in [5.74, 6) is 2.14. The third-order valence-electron chi connectivity index (χ3n) is 5.73. The van der Waals surface area contributed by atoms with Crippen molar-refractivity contribution in [1.82, 2.24) is 15.3 Å². The number of aliphatic imine (C=N–C) groups is 1. The number of rotatable bonds is 4. The van der Waals surface area contributed by atoms with E-state index in [9.17, 15) is 0 Å². The highest BCUT2D eigenvalue weighted by atomic mass is 15.2. The highest BCUT2D eigenvalue weighted by molar-refractivity contribution is 5.94. The quantitative estimate of drug-likeness (QED) is 0.842. The van der Waals surface area contributed by atoms with Gasteiger partial charge in [0.2, 0.25) is 0 Å². The van der Waals surface area contributed by atoms with Crippen LogP contribution in [-0.2, 0) is 0 Å². The van der Waals surface area contributed by atoms with Crippen LogP contribution in [0.15, 0.2) is 47.3 Å². The van der Waals surface area contributed by atoms with Gasteiger partial charge in [0, 0.05) is 43.3 Å². The molecule has 3 heterocycles. The molecule has 0 aromatic carbocycles. The van der Waals surface area contributed by atoms with Crippen molar-refractivity contribution in [3.63, 3.8) is 0 Å². The first kappa shape index (κ1) is 20.5. The van der Waals surface area contributed by atoms with Gasteiger partial charge in [-0.3, -0.25) is 4.99 Å². The van der Waals surface area contributed by atoms with Gasteiger partial charge < -0.3 is 10.2 Å². The third kappa shape index (κ3) is 5.16. The zero-order valence-electron chi connectivity index (χ0n) is 17.7. The Morgan fingerprint density at radius 1 is 1.25 bits per heavy atom. The fraction of sp³-hybridized carbons (Fsp3) is 0.522. The Bertz CT molecular complexity index is 784. The highest BCUT2D eigenvalue weighted by Crippen LogP contribution is 2.29. The predicted octanol–water partition coefficient (Wildman–Crippen LogP) is 4.40. The van der Waals surface area contributed by atoms with Crippen LogP contribution in [-0.4, -0.2) is 41.9 Å². The maximum atomic E-state index is 4.95. The molecule has 1 fully saturated rings. The lowest BCUT2D eigenvalue weighted by atomic mass is 9.91. The second kappa shape index (κ2) is 9.78. The molecule has 28 heavy (non-hydrogen) atoms. The van der Waals surface area contributed by atoms with E-state index < -0.39 is 0 Å². The molecule has 0 amide bonds. The lowest BCUT2D eigenvalue weighted by Crippen LogP contribution is -2.44. The van der Waals surface area contributed by atoms with Gasteiger partial charge in [0.1, 0.15) is 5.82 Å². The summed E-state index contributed by atoms with van der Waals surface area (Å²) in [4.78, 5) is 16.5. The fourth-order valence-corrected chi connectivity index (χ4v) is 3.76. The first-order chi connectivity index (χ1) is 13.6. The molecule has 5 heteroatoms. The van der Waals surface area contributed by atoms with E-state index in [4.69, 9.17) is 4.98 Å².